The Kier molecular flexibility index (Phi) is 6.98. The number of aliphatic imine (C=N–C) groups is 2. The number of benzene rings is 2. The molecule has 242 valence electrons. The fourth-order valence-corrected chi connectivity index (χ4v) is 9.94. The number of aryl methyl sites for hydroxylation is 1. The van der Waals surface area contributed by atoms with Crippen LogP contribution in [0.1, 0.15) is 31.8 Å². The molecular formula is C35H9F4N7O2S3. The van der Waals surface area contributed by atoms with Crippen molar-refractivity contribution < 1.29 is 27.2 Å². The van der Waals surface area contributed by atoms with Crippen LogP contribution in [0.4, 0.5) is 27.6 Å². The Morgan fingerprint density at radius 1 is 0.608 bits per heavy atom. The van der Waals surface area contributed by atoms with E-state index in [-0.39, 0.29) is 44.8 Å². The minimum atomic E-state index is -1.26. The maximum Gasteiger partial charge on any atom is 0.212 e. The summed E-state index contributed by atoms with van der Waals surface area (Å²) in [6.45, 7) is 0. The van der Waals surface area contributed by atoms with Crippen molar-refractivity contribution in [3.05, 3.63) is 93.1 Å². The Morgan fingerprint density at radius 3 is 1.51 bits per heavy atom. The summed E-state index contributed by atoms with van der Waals surface area (Å²) in [7, 11) is 1.80. The molecule has 0 atom stereocenters. The van der Waals surface area contributed by atoms with Crippen LogP contribution >= 0.6 is 34.0 Å². The second-order valence-corrected chi connectivity index (χ2v) is 14.2. The van der Waals surface area contributed by atoms with Gasteiger partial charge in [-0.25, -0.2) is 27.5 Å². The predicted molar refractivity (Wildman–Crippen MR) is 183 cm³/mol. The lowest BCUT2D eigenvalue weighted by Gasteiger charge is -2.01. The highest BCUT2D eigenvalue weighted by atomic mass is 32.1. The lowest BCUT2D eigenvalue weighted by Crippen LogP contribution is -2.07. The third-order valence-electron chi connectivity index (χ3n) is 8.37. The monoisotopic (exact) mass is 731 g/mol. The van der Waals surface area contributed by atoms with E-state index in [4.69, 9.17) is 0 Å². The predicted octanol–water partition coefficient (Wildman–Crippen LogP) is 8.77. The average Bonchev–Trinajstić information content (AvgIpc) is 3.92. The highest BCUT2D eigenvalue weighted by molar-refractivity contribution is 7.37. The van der Waals surface area contributed by atoms with Crippen molar-refractivity contribution in [1.82, 2.24) is 4.57 Å². The summed E-state index contributed by atoms with van der Waals surface area (Å²) in [6, 6.07) is 13.2. The van der Waals surface area contributed by atoms with Gasteiger partial charge in [0.05, 0.1) is 29.8 Å². The molecule has 0 saturated heterocycles. The zero-order chi connectivity index (χ0) is 36.0. The molecule has 0 radical (unpaired) electrons. The number of thiophene rings is 3. The summed E-state index contributed by atoms with van der Waals surface area (Å²) in [5.74, 6) is -6.53. The minimum Gasteiger partial charge on any atom is -0.341 e. The Labute approximate surface area is 294 Å². The maximum absolute atomic E-state index is 14.2. The fraction of sp³-hybridized carbons (Fsp3) is 0.0286. The number of allylic oxidation sites excluding steroid dienone is 4. The fourth-order valence-electron chi connectivity index (χ4n) is 6.17. The summed E-state index contributed by atoms with van der Waals surface area (Å²) in [4.78, 5) is 35.6. The third-order valence-corrected chi connectivity index (χ3v) is 11.8. The number of nitriles is 4. The topological polar surface area (TPSA) is 159 Å². The van der Waals surface area contributed by atoms with Gasteiger partial charge in [0, 0.05) is 40.4 Å². The number of Topliss-reactive ketones (excluding diaryl/α,β-unsaturated/α-hetero) is 2. The lowest BCUT2D eigenvalue weighted by atomic mass is 10.0. The third kappa shape index (κ3) is 4.45. The van der Waals surface area contributed by atoms with Gasteiger partial charge in [-0.3, -0.25) is 9.59 Å². The van der Waals surface area contributed by atoms with Gasteiger partial charge < -0.3 is 4.57 Å². The van der Waals surface area contributed by atoms with Crippen LogP contribution in [0.15, 0.2) is 57.5 Å². The van der Waals surface area contributed by atoms with Crippen molar-refractivity contribution in [3.63, 3.8) is 0 Å². The van der Waals surface area contributed by atoms with E-state index in [1.165, 1.54) is 34.0 Å². The van der Waals surface area contributed by atoms with E-state index in [2.05, 4.69) is 9.98 Å². The van der Waals surface area contributed by atoms with E-state index >= 15 is 0 Å². The number of fused-ring (bicyclic) bond motifs is 7. The van der Waals surface area contributed by atoms with Crippen molar-refractivity contribution in [2.75, 3.05) is 0 Å². The molecule has 9 nitrogen and oxygen atoms in total. The molecule has 8 rings (SSSR count). The molecule has 0 saturated carbocycles. The molecule has 6 aromatic rings. The van der Waals surface area contributed by atoms with Crippen molar-refractivity contribution >= 4 is 108 Å². The van der Waals surface area contributed by atoms with Crippen molar-refractivity contribution in [2.45, 2.75) is 0 Å². The highest BCUT2D eigenvalue weighted by Gasteiger charge is 2.37. The van der Waals surface area contributed by atoms with Gasteiger partial charge in [0.15, 0.2) is 23.3 Å². The van der Waals surface area contributed by atoms with Crippen LogP contribution in [-0.2, 0) is 7.05 Å². The summed E-state index contributed by atoms with van der Waals surface area (Å²) in [5, 5.41) is 39.0. The number of ketones is 2. The SMILES string of the molecule is Cn1c2cc(N=C3C(=O)c4cc(F)c(F)cc4C3=C(C#N)C#N)sc2c2sc3cc(N=C4C(=O)c5cc(F)c(F)cc5C4=C(C#N)C#N)sc3c21. The first-order valence-electron chi connectivity index (χ1n) is 14.3. The quantitative estimate of drug-likeness (QED) is 0.128. The molecule has 2 aliphatic carbocycles. The van der Waals surface area contributed by atoms with E-state index in [1.54, 1.807) is 43.5 Å². The first-order chi connectivity index (χ1) is 24.5. The van der Waals surface area contributed by atoms with Crippen LogP contribution in [0.5, 0.6) is 0 Å². The van der Waals surface area contributed by atoms with Gasteiger partial charge in [-0.15, -0.1) is 34.0 Å². The first-order valence-corrected chi connectivity index (χ1v) is 16.7. The molecule has 51 heavy (non-hydrogen) atoms. The van der Waals surface area contributed by atoms with Gasteiger partial charge in [-0.1, -0.05) is 0 Å². The molecule has 0 N–H and O–H groups in total. The largest absolute Gasteiger partial charge is 0.341 e. The molecule has 2 aliphatic rings. The van der Waals surface area contributed by atoms with E-state index in [9.17, 15) is 48.2 Å². The molecule has 16 heteroatoms. The standard InChI is InChI=1S/C35H9F4N7O2S3/c1-46-22-6-24(44-28-26(12(8-40)9-41)14-2-18(36)20(38)4-16(14)31(28)47)50-33(22)35-30(46)34-23(49-35)7-25(51-34)45-29-27(13(10-42)11-43)15-3-19(37)21(39)5-17(15)32(29)48/h2-7H,1H3. The molecular weight excluding hydrogens is 723 g/mol. The average molecular weight is 732 g/mol. The Bertz CT molecular complexity index is 2980. The van der Waals surface area contributed by atoms with E-state index in [1.807, 2.05) is 4.57 Å². The molecule has 0 aliphatic heterocycles. The number of carbonyl (C=O) groups is 2. The molecule has 0 fully saturated rings. The summed E-state index contributed by atoms with van der Waals surface area (Å²) < 4.78 is 61.6. The van der Waals surface area contributed by atoms with Gasteiger partial charge in [-0.2, -0.15) is 21.0 Å². The van der Waals surface area contributed by atoms with Crippen LogP contribution in [0.3, 0.4) is 0 Å². The van der Waals surface area contributed by atoms with Crippen LogP contribution in [0.25, 0.3) is 41.0 Å². The summed E-state index contributed by atoms with van der Waals surface area (Å²) in [5.41, 5.74) is -0.968. The van der Waals surface area contributed by atoms with E-state index in [0.29, 0.717) is 10.0 Å². The number of halogens is 4. The van der Waals surface area contributed by atoms with E-state index < -0.39 is 46.0 Å². The second kappa shape index (κ2) is 11.2. The van der Waals surface area contributed by atoms with Gasteiger partial charge in [0.25, 0.3) is 0 Å². The van der Waals surface area contributed by atoms with Gasteiger partial charge in [0.2, 0.25) is 11.6 Å². The van der Waals surface area contributed by atoms with Crippen LogP contribution in [0.2, 0.25) is 0 Å². The number of hydrogen-bond acceptors (Lipinski definition) is 11. The summed E-state index contributed by atoms with van der Waals surface area (Å²) >= 11 is 3.84. The van der Waals surface area contributed by atoms with Gasteiger partial charge in [-0.05, 0) is 36.4 Å². The molecule has 0 amide bonds. The normalized spacial score (nSPS) is 15.2. The zero-order valence-electron chi connectivity index (χ0n) is 25.1. The first kappa shape index (κ1) is 31.7. The van der Waals surface area contributed by atoms with Crippen LogP contribution in [-0.4, -0.2) is 27.6 Å². The van der Waals surface area contributed by atoms with Crippen molar-refractivity contribution in [2.24, 2.45) is 17.0 Å². The zero-order valence-corrected chi connectivity index (χ0v) is 27.6. The molecule has 2 aromatic carbocycles. The molecule has 0 unspecified atom stereocenters. The highest BCUT2D eigenvalue weighted by Crippen LogP contribution is 2.50. The molecule has 4 heterocycles. The lowest BCUT2D eigenvalue weighted by molar-refractivity contribution is 0.106. The van der Waals surface area contributed by atoms with Crippen molar-refractivity contribution in [3.8, 4) is 24.3 Å². The second-order valence-electron chi connectivity index (χ2n) is 11.1. The number of rotatable bonds is 2. The minimum absolute atomic E-state index is 0.0971. The number of aromatic nitrogens is 1. The molecule has 0 spiro atoms. The summed E-state index contributed by atoms with van der Waals surface area (Å²) in [6.07, 6.45) is 0. The van der Waals surface area contributed by atoms with Crippen LogP contribution < -0.4 is 0 Å². The maximum atomic E-state index is 14.2. The van der Waals surface area contributed by atoms with Crippen molar-refractivity contribution in [1.29, 1.82) is 21.0 Å². The van der Waals surface area contributed by atoms with Crippen LogP contribution in [0, 0.1) is 68.6 Å². The van der Waals surface area contributed by atoms with E-state index in [0.717, 1.165) is 54.1 Å². The smallest absolute Gasteiger partial charge is 0.212 e. The molecule has 0 bridgehead atoms. The Hall–Kier alpha value is -6.56. The van der Waals surface area contributed by atoms with Gasteiger partial charge in [0.1, 0.15) is 56.8 Å². The molecule has 4 aromatic heterocycles. The Balaban J connectivity index is 1.24. The number of hydrogen-bond donors (Lipinski definition) is 0. The van der Waals surface area contributed by atoms with Gasteiger partial charge >= 0.3 is 0 Å². The Morgan fingerprint density at radius 2 is 1.04 bits per heavy atom. The number of carbonyl (C=O) groups excluding carboxylic acids is 2. The number of nitrogens with zero attached hydrogens (tertiary/aromatic N) is 7.